The standard InChI is InChI=1S/C12H19NO5S/c1-9-7-10(16-2)12(11(8-9)17-3)18-5-4-6-19(13,14)15/h7-8H,4-6H2,1-3H3,(H2,13,14,15). The Hall–Kier alpha value is -1.47. The number of hydrogen-bond acceptors (Lipinski definition) is 5. The quantitative estimate of drug-likeness (QED) is 0.759. The van der Waals surface area contributed by atoms with Crippen LogP contribution in [0.2, 0.25) is 0 Å². The maximum absolute atomic E-state index is 10.8. The molecule has 0 spiro atoms. The summed E-state index contributed by atoms with van der Waals surface area (Å²) in [5.41, 5.74) is 0.977. The SMILES string of the molecule is COc1cc(C)cc(OC)c1OCCCS(N)(=O)=O. The molecule has 108 valence electrons. The number of benzene rings is 1. The van der Waals surface area contributed by atoms with Gasteiger partial charge >= 0.3 is 0 Å². The predicted molar refractivity (Wildman–Crippen MR) is 72.4 cm³/mol. The van der Waals surface area contributed by atoms with Crippen molar-refractivity contribution in [3.63, 3.8) is 0 Å². The lowest BCUT2D eigenvalue weighted by atomic mass is 10.2. The first-order chi connectivity index (χ1) is 8.87. The molecule has 0 aliphatic carbocycles. The van der Waals surface area contributed by atoms with Gasteiger partial charge in [0.15, 0.2) is 11.5 Å². The molecule has 0 aliphatic heterocycles. The van der Waals surface area contributed by atoms with Gasteiger partial charge in [-0.2, -0.15) is 0 Å². The third-order valence-electron chi connectivity index (χ3n) is 2.42. The van der Waals surface area contributed by atoms with Crippen molar-refractivity contribution in [2.75, 3.05) is 26.6 Å². The van der Waals surface area contributed by atoms with E-state index in [1.54, 1.807) is 0 Å². The molecule has 1 rings (SSSR count). The number of ether oxygens (including phenoxy) is 3. The second-order valence-electron chi connectivity index (χ2n) is 4.07. The van der Waals surface area contributed by atoms with Crippen LogP contribution in [0, 0.1) is 6.92 Å². The first-order valence-corrected chi connectivity index (χ1v) is 7.45. The third kappa shape index (κ3) is 4.96. The van der Waals surface area contributed by atoms with E-state index in [1.807, 2.05) is 19.1 Å². The Balaban J connectivity index is 2.76. The molecule has 0 bridgehead atoms. The van der Waals surface area contributed by atoms with Gasteiger partial charge < -0.3 is 14.2 Å². The number of hydrogen-bond donors (Lipinski definition) is 1. The molecule has 0 amide bonds. The van der Waals surface area contributed by atoms with Crippen molar-refractivity contribution in [3.8, 4) is 17.2 Å². The number of rotatable bonds is 7. The van der Waals surface area contributed by atoms with Crippen molar-refractivity contribution in [2.24, 2.45) is 5.14 Å². The molecule has 0 unspecified atom stereocenters. The largest absolute Gasteiger partial charge is 0.493 e. The van der Waals surface area contributed by atoms with Gasteiger partial charge in [-0.1, -0.05) is 0 Å². The van der Waals surface area contributed by atoms with Gasteiger partial charge in [0.1, 0.15) is 0 Å². The van der Waals surface area contributed by atoms with Gasteiger partial charge in [0, 0.05) is 0 Å². The van der Waals surface area contributed by atoms with Gasteiger partial charge in [-0.15, -0.1) is 0 Å². The summed E-state index contributed by atoms with van der Waals surface area (Å²) < 4.78 is 37.6. The topological polar surface area (TPSA) is 87.8 Å². The molecule has 0 atom stereocenters. The fraction of sp³-hybridized carbons (Fsp3) is 0.500. The van der Waals surface area contributed by atoms with E-state index >= 15 is 0 Å². The van der Waals surface area contributed by atoms with Crippen LogP contribution in [0.25, 0.3) is 0 Å². The molecular weight excluding hydrogens is 270 g/mol. The fourth-order valence-electron chi connectivity index (χ4n) is 1.59. The molecule has 0 saturated carbocycles. The Labute approximate surface area is 113 Å². The van der Waals surface area contributed by atoms with E-state index in [-0.39, 0.29) is 12.4 Å². The van der Waals surface area contributed by atoms with Crippen LogP contribution in [0.3, 0.4) is 0 Å². The smallest absolute Gasteiger partial charge is 0.209 e. The molecule has 19 heavy (non-hydrogen) atoms. The normalized spacial score (nSPS) is 11.2. The second-order valence-corrected chi connectivity index (χ2v) is 5.80. The van der Waals surface area contributed by atoms with Gasteiger partial charge in [-0.3, -0.25) is 0 Å². The van der Waals surface area contributed by atoms with Crippen molar-refractivity contribution in [3.05, 3.63) is 17.7 Å². The van der Waals surface area contributed by atoms with E-state index < -0.39 is 10.0 Å². The first-order valence-electron chi connectivity index (χ1n) is 5.73. The number of primary sulfonamides is 1. The number of sulfonamides is 1. The maximum atomic E-state index is 10.8. The van der Waals surface area contributed by atoms with E-state index in [1.165, 1.54) is 14.2 Å². The Kier molecular flexibility index (Phi) is 5.44. The minimum Gasteiger partial charge on any atom is -0.493 e. The molecule has 0 heterocycles. The molecule has 0 saturated heterocycles. The van der Waals surface area contributed by atoms with E-state index in [9.17, 15) is 8.42 Å². The zero-order valence-corrected chi connectivity index (χ0v) is 12.1. The van der Waals surface area contributed by atoms with Crippen LogP contribution in [0.1, 0.15) is 12.0 Å². The summed E-state index contributed by atoms with van der Waals surface area (Å²) in [6, 6.07) is 3.63. The lowest BCUT2D eigenvalue weighted by Gasteiger charge is -2.15. The van der Waals surface area contributed by atoms with E-state index in [0.29, 0.717) is 23.7 Å². The van der Waals surface area contributed by atoms with Crippen LogP contribution in [-0.4, -0.2) is 35.0 Å². The minimum absolute atomic E-state index is 0.122. The molecule has 0 radical (unpaired) electrons. The van der Waals surface area contributed by atoms with Crippen LogP contribution >= 0.6 is 0 Å². The Morgan fingerprint density at radius 1 is 1.16 bits per heavy atom. The molecule has 6 nitrogen and oxygen atoms in total. The fourth-order valence-corrected chi connectivity index (χ4v) is 2.11. The highest BCUT2D eigenvalue weighted by Gasteiger charge is 2.13. The number of nitrogens with two attached hydrogens (primary N) is 1. The molecule has 7 heteroatoms. The van der Waals surface area contributed by atoms with Crippen molar-refractivity contribution < 1.29 is 22.6 Å². The molecule has 1 aromatic rings. The lowest BCUT2D eigenvalue weighted by molar-refractivity contribution is 0.275. The zero-order valence-electron chi connectivity index (χ0n) is 11.3. The van der Waals surface area contributed by atoms with E-state index in [4.69, 9.17) is 19.3 Å². The third-order valence-corrected chi connectivity index (χ3v) is 3.28. The van der Waals surface area contributed by atoms with Crippen molar-refractivity contribution in [1.82, 2.24) is 0 Å². The van der Waals surface area contributed by atoms with Crippen LogP contribution < -0.4 is 19.3 Å². The highest BCUT2D eigenvalue weighted by molar-refractivity contribution is 7.89. The Morgan fingerprint density at radius 2 is 1.68 bits per heavy atom. The van der Waals surface area contributed by atoms with Crippen LogP contribution in [0.15, 0.2) is 12.1 Å². The van der Waals surface area contributed by atoms with Crippen LogP contribution in [0.4, 0.5) is 0 Å². The second kappa shape index (κ2) is 6.63. The minimum atomic E-state index is -3.46. The molecule has 0 aromatic heterocycles. The molecule has 0 aliphatic rings. The van der Waals surface area contributed by atoms with Gasteiger partial charge in [-0.25, -0.2) is 13.6 Å². The lowest BCUT2D eigenvalue weighted by Crippen LogP contribution is -2.18. The predicted octanol–water partition coefficient (Wildman–Crippen LogP) is 1.07. The average molecular weight is 289 g/mol. The highest BCUT2D eigenvalue weighted by Crippen LogP contribution is 2.38. The summed E-state index contributed by atoms with van der Waals surface area (Å²) in [7, 11) is -0.393. The maximum Gasteiger partial charge on any atom is 0.209 e. The summed E-state index contributed by atoms with van der Waals surface area (Å²) in [6.07, 6.45) is 0.305. The Morgan fingerprint density at radius 3 is 2.11 bits per heavy atom. The van der Waals surface area contributed by atoms with Crippen LogP contribution in [0.5, 0.6) is 17.2 Å². The monoisotopic (exact) mass is 289 g/mol. The van der Waals surface area contributed by atoms with Crippen LogP contribution in [-0.2, 0) is 10.0 Å². The summed E-state index contributed by atoms with van der Waals surface area (Å²) in [4.78, 5) is 0. The van der Waals surface area contributed by atoms with Crippen molar-refractivity contribution in [2.45, 2.75) is 13.3 Å². The van der Waals surface area contributed by atoms with Gasteiger partial charge in [0.05, 0.1) is 26.6 Å². The molecule has 1 aromatic carbocycles. The van der Waals surface area contributed by atoms with Crippen molar-refractivity contribution >= 4 is 10.0 Å². The van der Waals surface area contributed by atoms with E-state index in [0.717, 1.165) is 5.56 Å². The van der Waals surface area contributed by atoms with Gasteiger partial charge in [0.25, 0.3) is 0 Å². The average Bonchev–Trinajstić information content (AvgIpc) is 2.33. The summed E-state index contributed by atoms with van der Waals surface area (Å²) in [6.45, 7) is 2.13. The summed E-state index contributed by atoms with van der Waals surface area (Å²) >= 11 is 0. The van der Waals surface area contributed by atoms with Crippen molar-refractivity contribution in [1.29, 1.82) is 0 Å². The van der Waals surface area contributed by atoms with E-state index in [2.05, 4.69) is 0 Å². The first kappa shape index (κ1) is 15.6. The highest BCUT2D eigenvalue weighted by atomic mass is 32.2. The molecule has 0 fully saturated rings. The molecular formula is C12H19NO5S. The zero-order chi connectivity index (χ0) is 14.5. The summed E-state index contributed by atoms with van der Waals surface area (Å²) in [5, 5.41) is 4.91. The summed E-state index contributed by atoms with van der Waals surface area (Å²) in [5.74, 6) is 1.44. The Bertz CT molecular complexity index is 502. The molecule has 2 N–H and O–H groups in total. The van der Waals surface area contributed by atoms with Gasteiger partial charge in [0.2, 0.25) is 15.8 Å². The number of methoxy groups -OCH3 is 2. The van der Waals surface area contributed by atoms with Gasteiger partial charge in [-0.05, 0) is 31.0 Å². The number of aryl methyl sites for hydroxylation is 1.